The van der Waals surface area contributed by atoms with E-state index in [1.165, 1.54) is 13.0 Å². The van der Waals surface area contributed by atoms with Crippen molar-refractivity contribution in [3.63, 3.8) is 0 Å². The molecule has 472 valence electrons. The first-order valence-corrected chi connectivity index (χ1v) is 29.2. The molecule has 0 aromatic rings. The first kappa shape index (κ1) is 70.1. The van der Waals surface area contributed by atoms with Gasteiger partial charge >= 0.3 is 5.97 Å². The fourth-order valence-electron chi connectivity index (χ4n) is 10.9. The Morgan fingerprint density at radius 1 is 0.675 bits per heavy atom. The summed E-state index contributed by atoms with van der Waals surface area (Å²) in [7, 11) is 0. The second-order valence-electron chi connectivity index (χ2n) is 23.0. The molecule has 0 aromatic heterocycles. The summed E-state index contributed by atoms with van der Waals surface area (Å²) in [6.07, 6.45) is -0.898. The van der Waals surface area contributed by atoms with Crippen LogP contribution in [0, 0.1) is 17.8 Å². The number of amides is 1. The fraction of sp³-hybridized carbons (Fsp3) is 0.729. The Kier molecular flexibility index (Phi) is 28.7. The number of piperidine rings is 1. The summed E-state index contributed by atoms with van der Waals surface area (Å²) in [4.78, 5) is 29.2. The van der Waals surface area contributed by atoms with Crippen molar-refractivity contribution in [1.29, 1.82) is 0 Å². The maximum Gasteiger partial charge on any atom is 0.308 e. The molecule has 5 rings (SSSR count). The Morgan fingerprint density at radius 2 is 1.29 bits per heavy atom. The average molecular weight is 1180 g/mol. The monoisotopic (exact) mass is 1180 g/mol. The van der Waals surface area contributed by atoms with Gasteiger partial charge in [0.05, 0.1) is 92.6 Å². The normalized spacial score (nSPS) is 45.0. The third kappa shape index (κ3) is 21.3. The number of nitrogens with zero attached hydrogens (tertiary/aromatic N) is 1. The van der Waals surface area contributed by atoms with Crippen LogP contribution in [-0.2, 0) is 33.3 Å². The van der Waals surface area contributed by atoms with Gasteiger partial charge in [0.1, 0.15) is 36.6 Å². The lowest BCUT2D eigenvalue weighted by atomic mass is 9.81. The van der Waals surface area contributed by atoms with Gasteiger partial charge in [-0.25, -0.2) is 0 Å². The van der Waals surface area contributed by atoms with E-state index in [4.69, 9.17) is 23.7 Å². The highest BCUT2D eigenvalue weighted by molar-refractivity contribution is 5.80. The van der Waals surface area contributed by atoms with Gasteiger partial charge in [0.15, 0.2) is 12.1 Å². The zero-order chi connectivity index (χ0) is 61.0. The molecule has 24 nitrogen and oxygen atoms in total. The SMILES string of the molecule is C[C@@H]1[C@H](O)[C@@H](C)/C=C/C=C/C=C/C=C/C=C/C=C/C=C/[C@H](O[C@@H]2O[C@H](C)[C@@H](O)[C@H](NC[C@@]3(O)OC[C@@H](O)[C@H](O)[C@@H]3O)[C@@H]2O)CC2O[C@@](O)(C[C@H](O)C2C(=O)NCCN2CCCCC2)[C@@H](O)C[C@@H](O)[C@H](O)CC[C@@H](O)C[C@@H](O)CC(=O)O[C@H]1C. The number of hydrogen-bond acceptors (Lipinski definition) is 23. The molecule has 0 radical (unpaired) electrons. The fourth-order valence-corrected chi connectivity index (χ4v) is 10.9. The van der Waals surface area contributed by atoms with Gasteiger partial charge in [0, 0.05) is 44.2 Å². The minimum Gasteiger partial charge on any atom is -0.462 e. The highest BCUT2D eigenvalue weighted by atomic mass is 16.7. The van der Waals surface area contributed by atoms with Crippen LogP contribution < -0.4 is 10.6 Å². The number of fused-ring (bicyclic) bond motifs is 2. The standard InChI is InChI=1S/C59H95N3O21/c1-35-20-16-13-11-9-7-5-6-8-10-12-14-17-21-41(82-57-54(74)50(52(72)38(4)81-57)61-34-59(78)55(75)53(73)45(68)33-79-59)30-46-49(56(76)60-24-27-62-25-18-15-19-26-62)44(67)32-58(77,83-46)47(69)31-43(66)42(65)23-22-39(63)28-40(64)29-48(70)80-37(3)36(2)51(35)71/h5-14,16-17,20-21,35-47,49-55,57,61,63-69,71-75,77-78H,15,18-19,22-34H2,1-4H3,(H,60,76)/b6-5+,9-7+,10-8+,13-11+,14-12+,20-16+,21-17+/t35-,36-,37-,38+,39+,40+,41-,42+,43+,44-,45+,46?,47-,49?,50-,51+,52+,53-,54-,55-,57-,58-,59+/m0/s1. The lowest BCUT2D eigenvalue weighted by molar-refractivity contribution is -0.332. The van der Waals surface area contributed by atoms with Crippen LogP contribution in [-0.4, -0.2) is 249 Å². The van der Waals surface area contributed by atoms with Crippen molar-refractivity contribution in [3.05, 3.63) is 85.1 Å². The molecular formula is C59H95N3O21. The molecule has 5 aliphatic rings. The minimum atomic E-state index is -2.67. The van der Waals surface area contributed by atoms with Crippen LogP contribution in [0.1, 0.15) is 91.9 Å². The van der Waals surface area contributed by atoms with E-state index in [1.807, 2.05) is 13.0 Å². The summed E-state index contributed by atoms with van der Waals surface area (Å²) in [5.41, 5.74) is 0. The molecule has 0 aromatic carbocycles. The number of hydrogen-bond donors (Lipinski definition) is 16. The zero-order valence-corrected chi connectivity index (χ0v) is 48.1. The Labute approximate surface area is 486 Å². The third-order valence-electron chi connectivity index (χ3n) is 16.3. The van der Waals surface area contributed by atoms with Crippen molar-refractivity contribution in [2.24, 2.45) is 17.8 Å². The third-order valence-corrected chi connectivity index (χ3v) is 16.3. The minimum absolute atomic E-state index is 0.173. The maximum absolute atomic E-state index is 14.2. The first-order chi connectivity index (χ1) is 39.3. The highest BCUT2D eigenvalue weighted by Gasteiger charge is 2.54. The summed E-state index contributed by atoms with van der Waals surface area (Å²) in [5, 5.41) is 161. The lowest BCUT2D eigenvalue weighted by Gasteiger charge is -2.47. The van der Waals surface area contributed by atoms with Crippen LogP contribution in [0.25, 0.3) is 0 Å². The molecule has 83 heavy (non-hydrogen) atoms. The molecule has 1 amide bonds. The molecule has 23 atom stereocenters. The first-order valence-electron chi connectivity index (χ1n) is 29.2. The maximum atomic E-state index is 14.2. The van der Waals surface area contributed by atoms with E-state index in [-0.39, 0.29) is 38.1 Å². The second-order valence-corrected chi connectivity index (χ2v) is 23.0. The Bertz CT molecular complexity index is 2180. The smallest absolute Gasteiger partial charge is 0.308 e. The molecule has 4 saturated heterocycles. The topological polar surface area (TPSA) is 391 Å². The summed E-state index contributed by atoms with van der Waals surface area (Å²) in [5.74, 6) is -8.76. The van der Waals surface area contributed by atoms with Gasteiger partial charge in [-0.1, -0.05) is 105 Å². The molecule has 0 saturated carbocycles. The van der Waals surface area contributed by atoms with Gasteiger partial charge in [-0.15, -0.1) is 0 Å². The molecule has 4 fully saturated rings. The number of allylic oxidation sites excluding steroid dienone is 12. The molecule has 24 heteroatoms. The van der Waals surface area contributed by atoms with Crippen molar-refractivity contribution in [2.45, 2.75) is 213 Å². The molecule has 16 N–H and O–H groups in total. The number of likely N-dealkylation sites (tertiary alicyclic amines) is 1. The number of aliphatic hydroxyl groups is 14. The number of aliphatic hydroxyl groups excluding tert-OH is 12. The molecular weight excluding hydrogens is 1090 g/mol. The van der Waals surface area contributed by atoms with Gasteiger partial charge in [0.25, 0.3) is 0 Å². The molecule has 5 aliphatic heterocycles. The number of nitrogens with one attached hydrogen (secondary N) is 2. The van der Waals surface area contributed by atoms with Gasteiger partial charge < -0.3 is 111 Å². The van der Waals surface area contributed by atoms with Crippen LogP contribution in [0.3, 0.4) is 0 Å². The van der Waals surface area contributed by atoms with E-state index in [2.05, 4.69) is 15.5 Å². The number of carbonyl (C=O) groups is 2. The van der Waals surface area contributed by atoms with E-state index >= 15 is 0 Å². The second kappa shape index (κ2) is 34.0. The van der Waals surface area contributed by atoms with Crippen molar-refractivity contribution >= 4 is 11.9 Å². The van der Waals surface area contributed by atoms with E-state index < -0.39 is 178 Å². The predicted molar refractivity (Wildman–Crippen MR) is 301 cm³/mol. The number of rotatable bonds is 9. The van der Waals surface area contributed by atoms with Gasteiger partial charge in [-0.3, -0.25) is 9.59 Å². The largest absolute Gasteiger partial charge is 0.462 e. The summed E-state index contributed by atoms with van der Waals surface area (Å²) < 4.78 is 29.4. The van der Waals surface area contributed by atoms with Crippen LogP contribution in [0.4, 0.5) is 0 Å². The van der Waals surface area contributed by atoms with Gasteiger partial charge in [-0.2, -0.15) is 0 Å². The number of cyclic esters (lactones) is 1. The van der Waals surface area contributed by atoms with Crippen LogP contribution in [0.15, 0.2) is 85.1 Å². The lowest BCUT2D eigenvalue weighted by Crippen LogP contribution is -2.69. The molecule has 2 unspecified atom stereocenters. The van der Waals surface area contributed by atoms with E-state index in [1.54, 1.807) is 86.8 Å². The summed E-state index contributed by atoms with van der Waals surface area (Å²) in [6, 6.07) is -1.35. The van der Waals surface area contributed by atoms with Crippen LogP contribution >= 0.6 is 0 Å². The predicted octanol–water partition coefficient (Wildman–Crippen LogP) is -1.73. The quantitative estimate of drug-likeness (QED) is 0.114. The molecule has 0 aliphatic carbocycles. The van der Waals surface area contributed by atoms with E-state index in [9.17, 15) is 81.1 Å². The summed E-state index contributed by atoms with van der Waals surface area (Å²) in [6.45, 7) is 7.86. The number of ether oxygens (including phenoxy) is 5. The Morgan fingerprint density at radius 3 is 1.93 bits per heavy atom. The van der Waals surface area contributed by atoms with E-state index in [0.29, 0.717) is 6.54 Å². The van der Waals surface area contributed by atoms with E-state index in [0.717, 1.165) is 32.4 Å². The summed E-state index contributed by atoms with van der Waals surface area (Å²) >= 11 is 0. The zero-order valence-electron chi connectivity index (χ0n) is 48.1. The van der Waals surface area contributed by atoms with Crippen molar-refractivity contribution in [2.75, 3.05) is 39.3 Å². The van der Waals surface area contributed by atoms with Gasteiger partial charge in [0.2, 0.25) is 11.7 Å². The average Bonchev–Trinajstić information content (AvgIpc) is 3.19. The van der Waals surface area contributed by atoms with Crippen molar-refractivity contribution < 1.29 is 105 Å². The Hall–Kier alpha value is -3.68. The van der Waals surface area contributed by atoms with Crippen LogP contribution in [0.2, 0.25) is 0 Å². The highest BCUT2D eigenvalue weighted by Crippen LogP contribution is 2.39. The molecule has 2 bridgehead atoms. The van der Waals surface area contributed by atoms with Crippen molar-refractivity contribution in [3.8, 4) is 0 Å². The van der Waals surface area contributed by atoms with Gasteiger partial charge in [-0.05, 0) is 59.0 Å². The van der Waals surface area contributed by atoms with Crippen molar-refractivity contribution in [1.82, 2.24) is 15.5 Å². The Balaban J connectivity index is 1.43. The molecule has 0 spiro atoms. The van der Waals surface area contributed by atoms with Crippen LogP contribution in [0.5, 0.6) is 0 Å². The number of carbonyl (C=O) groups excluding carboxylic acids is 2. The molecule has 5 heterocycles. The number of esters is 1.